The van der Waals surface area contributed by atoms with Crippen LogP contribution in [-0.4, -0.2) is 18.2 Å². The maximum Gasteiger partial charge on any atom is 0.280 e. The highest BCUT2D eigenvalue weighted by molar-refractivity contribution is 9.10. The van der Waals surface area contributed by atoms with Gasteiger partial charge in [0.1, 0.15) is 18.1 Å². The van der Waals surface area contributed by atoms with E-state index in [0.29, 0.717) is 18.1 Å². The third-order valence-electron chi connectivity index (χ3n) is 4.08. The topological polar surface area (TPSA) is 59.9 Å². The first kappa shape index (κ1) is 22.1. The number of nitrogens with zero attached hydrogens (tertiary/aromatic N) is 1. The zero-order valence-electron chi connectivity index (χ0n) is 16.2. The lowest BCUT2D eigenvalue weighted by Gasteiger charge is -2.13. The number of para-hydroxylation sites is 1. The number of carbonyl (C=O) groups excluding carboxylic acids is 1. The summed E-state index contributed by atoms with van der Waals surface area (Å²) in [7, 11) is 0. The fourth-order valence-electron chi connectivity index (χ4n) is 2.53. The van der Waals surface area contributed by atoms with Gasteiger partial charge in [0, 0.05) is 14.5 Å². The van der Waals surface area contributed by atoms with Crippen molar-refractivity contribution >= 4 is 44.0 Å². The molecule has 0 aliphatic rings. The molecule has 1 atom stereocenters. The van der Waals surface area contributed by atoms with Crippen molar-refractivity contribution in [1.82, 2.24) is 5.43 Å². The lowest BCUT2D eigenvalue weighted by Crippen LogP contribution is -2.33. The van der Waals surface area contributed by atoms with E-state index in [-0.39, 0.29) is 5.91 Å². The lowest BCUT2D eigenvalue weighted by atomic mass is 10.2. The van der Waals surface area contributed by atoms with Crippen LogP contribution in [-0.2, 0) is 11.4 Å². The first-order valence-electron chi connectivity index (χ1n) is 9.22. The summed E-state index contributed by atoms with van der Waals surface area (Å²) in [6.07, 6.45) is 0.867. The molecule has 1 N–H and O–H groups in total. The summed E-state index contributed by atoms with van der Waals surface area (Å²) >= 11 is 6.82. The Balaban J connectivity index is 1.56. The second-order valence-corrected chi connectivity index (χ2v) is 8.24. The third kappa shape index (κ3) is 6.71. The Labute approximate surface area is 192 Å². The predicted molar refractivity (Wildman–Crippen MR) is 125 cm³/mol. The molecule has 30 heavy (non-hydrogen) atoms. The van der Waals surface area contributed by atoms with Crippen molar-refractivity contribution in [3.8, 4) is 11.5 Å². The molecule has 0 aliphatic heterocycles. The number of benzene rings is 3. The van der Waals surface area contributed by atoms with Gasteiger partial charge in [-0.25, -0.2) is 5.43 Å². The summed E-state index contributed by atoms with van der Waals surface area (Å²) in [4.78, 5) is 12.2. The van der Waals surface area contributed by atoms with Crippen LogP contribution in [0.5, 0.6) is 11.5 Å². The van der Waals surface area contributed by atoms with Gasteiger partial charge in [0.25, 0.3) is 5.91 Å². The minimum absolute atomic E-state index is 0.346. The number of rotatable bonds is 8. The first-order chi connectivity index (χ1) is 14.5. The van der Waals surface area contributed by atoms with Crippen molar-refractivity contribution in [2.75, 3.05) is 0 Å². The van der Waals surface area contributed by atoms with Crippen LogP contribution in [0.15, 0.2) is 86.8 Å². The van der Waals surface area contributed by atoms with Gasteiger partial charge in [0.05, 0.1) is 6.21 Å². The number of nitrogens with one attached hydrogen (secondary N) is 1. The molecule has 0 bridgehead atoms. The number of ether oxygens (including phenoxy) is 2. The van der Waals surface area contributed by atoms with E-state index in [1.807, 2.05) is 60.7 Å². The molecule has 1 unspecified atom stereocenters. The monoisotopic (exact) mass is 530 g/mol. The molecule has 1 amide bonds. The molecule has 0 fully saturated rings. The summed E-state index contributed by atoms with van der Waals surface area (Å²) in [5, 5.41) is 4.05. The van der Waals surface area contributed by atoms with E-state index in [0.717, 1.165) is 20.1 Å². The number of amides is 1. The molecule has 0 aromatic heterocycles. The Hall–Kier alpha value is -2.64. The second kappa shape index (κ2) is 10.9. The van der Waals surface area contributed by atoms with Crippen LogP contribution in [0.25, 0.3) is 0 Å². The maximum atomic E-state index is 12.2. The van der Waals surface area contributed by atoms with Crippen LogP contribution >= 0.6 is 31.9 Å². The highest BCUT2D eigenvalue weighted by atomic mass is 79.9. The van der Waals surface area contributed by atoms with Gasteiger partial charge in [0.15, 0.2) is 6.10 Å². The molecule has 7 heteroatoms. The van der Waals surface area contributed by atoms with Crippen LogP contribution in [0, 0.1) is 0 Å². The Morgan fingerprint density at radius 1 is 1.03 bits per heavy atom. The maximum absolute atomic E-state index is 12.2. The number of hydrogen-bond donors (Lipinski definition) is 1. The van der Waals surface area contributed by atoms with Crippen LogP contribution in [0.4, 0.5) is 0 Å². The SMILES string of the molecule is CC(Oc1ccc(Br)cc1)C(=O)N/N=C/c1ccccc1OCc1cccc(Br)c1. The van der Waals surface area contributed by atoms with Gasteiger partial charge in [-0.15, -0.1) is 0 Å². The van der Waals surface area contributed by atoms with Gasteiger partial charge < -0.3 is 9.47 Å². The van der Waals surface area contributed by atoms with Crippen LogP contribution in [0.3, 0.4) is 0 Å². The normalized spacial score (nSPS) is 11.8. The zero-order chi connectivity index (χ0) is 21.3. The van der Waals surface area contributed by atoms with Gasteiger partial charge in [-0.1, -0.05) is 56.1 Å². The number of halogens is 2. The van der Waals surface area contributed by atoms with E-state index in [1.165, 1.54) is 0 Å². The quantitative estimate of drug-likeness (QED) is 0.299. The smallest absolute Gasteiger partial charge is 0.280 e. The first-order valence-corrected chi connectivity index (χ1v) is 10.8. The Bertz CT molecular complexity index is 1020. The molecule has 0 saturated heterocycles. The van der Waals surface area contributed by atoms with Crippen molar-refractivity contribution in [2.45, 2.75) is 19.6 Å². The highest BCUT2D eigenvalue weighted by Gasteiger charge is 2.14. The molecule has 0 heterocycles. The summed E-state index contributed by atoms with van der Waals surface area (Å²) in [5.74, 6) is 0.937. The Morgan fingerprint density at radius 2 is 1.80 bits per heavy atom. The lowest BCUT2D eigenvalue weighted by molar-refractivity contribution is -0.127. The van der Waals surface area contributed by atoms with Crippen LogP contribution in [0.1, 0.15) is 18.1 Å². The molecule has 5 nitrogen and oxygen atoms in total. The van der Waals surface area contributed by atoms with E-state index in [2.05, 4.69) is 42.4 Å². The van der Waals surface area contributed by atoms with Gasteiger partial charge in [-0.05, 0) is 61.0 Å². The van der Waals surface area contributed by atoms with Crippen molar-refractivity contribution in [2.24, 2.45) is 5.10 Å². The second-order valence-electron chi connectivity index (χ2n) is 6.40. The molecular weight excluding hydrogens is 512 g/mol. The molecule has 3 rings (SSSR count). The molecule has 3 aromatic rings. The summed E-state index contributed by atoms with van der Waals surface area (Å²) in [6, 6.07) is 22.7. The number of hydrogen-bond acceptors (Lipinski definition) is 4. The number of carbonyl (C=O) groups is 1. The number of hydrazone groups is 1. The average Bonchev–Trinajstić information content (AvgIpc) is 2.74. The van der Waals surface area contributed by atoms with E-state index >= 15 is 0 Å². The summed E-state index contributed by atoms with van der Waals surface area (Å²) < 4.78 is 13.5. The highest BCUT2D eigenvalue weighted by Crippen LogP contribution is 2.19. The van der Waals surface area contributed by atoms with Crippen molar-refractivity contribution in [3.63, 3.8) is 0 Å². The minimum Gasteiger partial charge on any atom is -0.488 e. The zero-order valence-corrected chi connectivity index (χ0v) is 19.4. The fourth-order valence-corrected chi connectivity index (χ4v) is 3.24. The van der Waals surface area contributed by atoms with Crippen molar-refractivity contribution in [3.05, 3.63) is 92.9 Å². The van der Waals surface area contributed by atoms with Gasteiger partial charge in [-0.3, -0.25) is 4.79 Å². The largest absolute Gasteiger partial charge is 0.488 e. The standard InChI is InChI=1S/C23H20Br2N2O3/c1-16(30-21-11-9-19(24)10-12-21)23(28)27-26-14-18-6-2-3-8-22(18)29-15-17-5-4-7-20(25)13-17/h2-14,16H,15H2,1H3,(H,27,28)/b26-14+. The third-order valence-corrected chi connectivity index (χ3v) is 5.10. The molecule has 0 radical (unpaired) electrons. The van der Waals surface area contributed by atoms with Crippen molar-refractivity contribution in [1.29, 1.82) is 0 Å². The van der Waals surface area contributed by atoms with Gasteiger partial charge in [0.2, 0.25) is 0 Å². The van der Waals surface area contributed by atoms with Crippen LogP contribution < -0.4 is 14.9 Å². The van der Waals surface area contributed by atoms with E-state index in [9.17, 15) is 4.79 Å². The molecule has 0 saturated carbocycles. The minimum atomic E-state index is -0.689. The van der Waals surface area contributed by atoms with Crippen molar-refractivity contribution < 1.29 is 14.3 Å². The Kier molecular flexibility index (Phi) is 8.04. The van der Waals surface area contributed by atoms with E-state index in [1.54, 1.807) is 25.3 Å². The van der Waals surface area contributed by atoms with Gasteiger partial charge >= 0.3 is 0 Å². The summed E-state index contributed by atoms with van der Waals surface area (Å²) in [6.45, 7) is 2.09. The summed E-state index contributed by atoms with van der Waals surface area (Å²) in [5.41, 5.74) is 4.31. The molecule has 3 aromatic carbocycles. The fraction of sp³-hybridized carbons (Fsp3) is 0.130. The predicted octanol–water partition coefficient (Wildman–Crippen LogP) is 5.71. The van der Waals surface area contributed by atoms with Crippen LogP contribution in [0.2, 0.25) is 0 Å². The molecule has 0 aliphatic carbocycles. The van der Waals surface area contributed by atoms with E-state index < -0.39 is 6.10 Å². The average molecular weight is 532 g/mol. The Morgan fingerprint density at radius 3 is 2.57 bits per heavy atom. The molecule has 0 spiro atoms. The van der Waals surface area contributed by atoms with Gasteiger partial charge in [-0.2, -0.15) is 5.10 Å². The van der Waals surface area contributed by atoms with E-state index in [4.69, 9.17) is 9.47 Å². The molecule has 154 valence electrons. The molecular formula is C23H20Br2N2O3.